The summed E-state index contributed by atoms with van der Waals surface area (Å²) < 4.78 is 5.67. The molecule has 4 rings (SSSR count). The van der Waals surface area contributed by atoms with E-state index in [9.17, 15) is 9.59 Å². The molecular formula is C29H39N3O3. The minimum atomic E-state index is -0.169. The van der Waals surface area contributed by atoms with Gasteiger partial charge in [-0.2, -0.15) is 0 Å². The van der Waals surface area contributed by atoms with Crippen molar-refractivity contribution in [1.29, 1.82) is 0 Å². The molecule has 0 saturated carbocycles. The van der Waals surface area contributed by atoms with E-state index in [1.54, 1.807) is 0 Å². The summed E-state index contributed by atoms with van der Waals surface area (Å²) in [5, 5.41) is 6.05. The van der Waals surface area contributed by atoms with Crippen molar-refractivity contribution in [3.05, 3.63) is 59.2 Å². The molecule has 6 nitrogen and oxygen atoms in total. The summed E-state index contributed by atoms with van der Waals surface area (Å²) in [5.41, 5.74) is 4.02. The first kappa shape index (κ1) is 25.2. The number of rotatable bonds is 9. The van der Waals surface area contributed by atoms with Gasteiger partial charge in [-0.25, -0.2) is 0 Å². The van der Waals surface area contributed by atoms with Crippen LogP contribution in [-0.2, 0) is 11.2 Å². The first-order chi connectivity index (χ1) is 17.0. The molecule has 1 atom stereocenters. The molecule has 2 aliphatic rings. The Hall–Kier alpha value is -2.86. The van der Waals surface area contributed by atoms with E-state index in [1.807, 2.05) is 42.5 Å². The van der Waals surface area contributed by atoms with Crippen LogP contribution in [0.2, 0.25) is 0 Å². The third kappa shape index (κ3) is 6.85. The number of ether oxygens (including phenoxy) is 1. The van der Waals surface area contributed by atoms with Crippen LogP contribution in [0.3, 0.4) is 0 Å². The number of aryl methyl sites for hydroxylation is 1. The molecule has 0 bridgehead atoms. The average molecular weight is 478 g/mol. The SMILES string of the molecule is CCCCc1ccc(C(=O)Nc2ccc(N3CCC(C)CC3)c(C(=O)NCC3CCCO3)c2)cc1. The van der Waals surface area contributed by atoms with Gasteiger partial charge in [0.1, 0.15) is 0 Å². The first-order valence-electron chi connectivity index (χ1n) is 13.2. The zero-order valence-electron chi connectivity index (χ0n) is 21.1. The lowest BCUT2D eigenvalue weighted by Gasteiger charge is -2.33. The standard InChI is InChI=1S/C29H39N3O3/c1-3-4-6-22-8-10-23(11-9-22)28(33)31-24-12-13-27(32-16-14-21(2)15-17-32)26(19-24)29(34)30-20-25-7-5-18-35-25/h8-13,19,21,25H,3-7,14-18,20H2,1-2H3,(H,30,34)(H,31,33). The molecule has 2 heterocycles. The van der Waals surface area contributed by atoms with Crippen molar-refractivity contribution >= 4 is 23.2 Å². The number of nitrogens with one attached hydrogen (secondary N) is 2. The highest BCUT2D eigenvalue weighted by molar-refractivity contribution is 6.06. The van der Waals surface area contributed by atoms with Crippen molar-refractivity contribution < 1.29 is 14.3 Å². The van der Waals surface area contributed by atoms with Crippen molar-refractivity contribution in [2.24, 2.45) is 5.92 Å². The highest BCUT2D eigenvalue weighted by atomic mass is 16.5. The molecule has 2 aromatic rings. The Morgan fingerprint density at radius 1 is 1.03 bits per heavy atom. The molecule has 2 fully saturated rings. The predicted octanol–water partition coefficient (Wildman–Crippen LogP) is 5.43. The van der Waals surface area contributed by atoms with Crippen LogP contribution in [0, 0.1) is 5.92 Å². The van der Waals surface area contributed by atoms with Crippen LogP contribution in [0.5, 0.6) is 0 Å². The van der Waals surface area contributed by atoms with Gasteiger partial charge in [0.2, 0.25) is 0 Å². The Kier molecular flexibility index (Phi) is 8.80. The van der Waals surface area contributed by atoms with Gasteiger partial charge in [-0.3, -0.25) is 9.59 Å². The van der Waals surface area contributed by atoms with E-state index in [4.69, 9.17) is 4.74 Å². The lowest BCUT2D eigenvalue weighted by molar-refractivity contribution is 0.0858. The van der Waals surface area contributed by atoms with Gasteiger partial charge in [-0.1, -0.05) is 32.4 Å². The van der Waals surface area contributed by atoms with E-state index in [0.717, 1.165) is 70.3 Å². The average Bonchev–Trinajstić information content (AvgIpc) is 3.41. The van der Waals surface area contributed by atoms with Crippen molar-refractivity contribution in [2.75, 3.05) is 36.5 Å². The number of piperidine rings is 1. The molecule has 188 valence electrons. The number of amides is 2. The molecule has 0 spiro atoms. The highest BCUT2D eigenvalue weighted by Gasteiger charge is 2.23. The maximum absolute atomic E-state index is 13.3. The molecule has 2 aromatic carbocycles. The number of nitrogens with zero attached hydrogens (tertiary/aromatic N) is 1. The molecule has 1 unspecified atom stereocenters. The van der Waals surface area contributed by atoms with E-state index in [-0.39, 0.29) is 17.9 Å². The van der Waals surface area contributed by atoms with E-state index >= 15 is 0 Å². The number of benzene rings is 2. The van der Waals surface area contributed by atoms with Gasteiger partial charge in [0.05, 0.1) is 11.7 Å². The summed E-state index contributed by atoms with van der Waals surface area (Å²) in [6.07, 6.45) is 7.65. The van der Waals surface area contributed by atoms with Crippen LogP contribution >= 0.6 is 0 Å². The number of carbonyl (C=O) groups is 2. The van der Waals surface area contributed by atoms with Crippen LogP contribution in [0.15, 0.2) is 42.5 Å². The fourth-order valence-corrected chi connectivity index (χ4v) is 4.83. The zero-order valence-corrected chi connectivity index (χ0v) is 21.1. The fraction of sp³-hybridized carbons (Fsp3) is 0.517. The normalized spacial score (nSPS) is 18.5. The smallest absolute Gasteiger partial charge is 0.255 e. The number of carbonyl (C=O) groups excluding carboxylic acids is 2. The molecule has 2 saturated heterocycles. The first-order valence-corrected chi connectivity index (χ1v) is 13.2. The third-order valence-corrected chi connectivity index (χ3v) is 7.17. The van der Waals surface area contributed by atoms with Gasteiger partial charge in [-0.15, -0.1) is 0 Å². The van der Waals surface area contributed by atoms with Gasteiger partial charge in [0, 0.05) is 43.2 Å². The molecule has 2 aliphatic heterocycles. The molecule has 0 aliphatic carbocycles. The lowest BCUT2D eigenvalue weighted by atomic mass is 9.97. The zero-order chi connectivity index (χ0) is 24.6. The molecule has 2 amide bonds. The number of anilines is 2. The fourth-order valence-electron chi connectivity index (χ4n) is 4.83. The van der Waals surface area contributed by atoms with Crippen LogP contribution in [0.4, 0.5) is 11.4 Å². The lowest BCUT2D eigenvalue weighted by Crippen LogP contribution is -2.36. The Bertz CT molecular complexity index is 991. The largest absolute Gasteiger partial charge is 0.376 e. The van der Waals surface area contributed by atoms with E-state index in [0.29, 0.717) is 29.3 Å². The Morgan fingerprint density at radius 3 is 2.49 bits per heavy atom. The van der Waals surface area contributed by atoms with Gasteiger partial charge in [0.15, 0.2) is 0 Å². The molecule has 35 heavy (non-hydrogen) atoms. The van der Waals surface area contributed by atoms with Crippen molar-refractivity contribution in [1.82, 2.24) is 5.32 Å². The predicted molar refractivity (Wildman–Crippen MR) is 141 cm³/mol. The van der Waals surface area contributed by atoms with Crippen molar-refractivity contribution in [3.63, 3.8) is 0 Å². The third-order valence-electron chi connectivity index (χ3n) is 7.17. The second kappa shape index (κ2) is 12.2. The summed E-state index contributed by atoms with van der Waals surface area (Å²) >= 11 is 0. The van der Waals surface area contributed by atoms with Gasteiger partial charge in [0.25, 0.3) is 11.8 Å². The Morgan fingerprint density at radius 2 is 1.80 bits per heavy atom. The minimum Gasteiger partial charge on any atom is -0.376 e. The summed E-state index contributed by atoms with van der Waals surface area (Å²) in [6.45, 7) is 7.60. The maximum atomic E-state index is 13.3. The minimum absolute atomic E-state index is 0.0846. The summed E-state index contributed by atoms with van der Waals surface area (Å²) in [5.74, 6) is 0.415. The van der Waals surface area contributed by atoms with E-state index in [1.165, 1.54) is 5.56 Å². The number of unbranched alkanes of at least 4 members (excludes halogenated alkanes) is 1. The second-order valence-corrected chi connectivity index (χ2v) is 10.0. The van der Waals surface area contributed by atoms with Gasteiger partial charge >= 0.3 is 0 Å². The number of hydrogen-bond acceptors (Lipinski definition) is 4. The summed E-state index contributed by atoms with van der Waals surface area (Å²) in [6, 6.07) is 13.5. The molecule has 2 N–H and O–H groups in total. The monoisotopic (exact) mass is 477 g/mol. The Balaban J connectivity index is 1.49. The van der Waals surface area contributed by atoms with E-state index < -0.39 is 0 Å². The maximum Gasteiger partial charge on any atom is 0.255 e. The second-order valence-electron chi connectivity index (χ2n) is 10.0. The summed E-state index contributed by atoms with van der Waals surface area (Å²) in [4.78, 5) is 28.5. The molecular weight excluding hydrogens is 438 g/mol. The van der Waals surface area contributed by atoms with Crippen LogP contribution in [0.1, 0.15) is 78.7 Å². The van der Waals surface area contributed by atoms with Gasteiger partial charge < -0.3 is 20.3 Å². The van der Waals surface area contributed by atoms with Crippen molar-refractivity contribution in [3.8, 4) is 0 Å². The van der Waals surface area contributed by atoms with Crippen molar-refractivity contribution in [2.45, 2.75) is 64.9 Å². The Labute approximate surface area is 209 Å². The highest BCUT2D eigenvalue weighted by Crippen LogP contribution is 2.29. The number of hydrogen-bond donors (Lipinski definition) is 2. The van der Waals surface area contributed by atoms with Crippen LogP contribution in [-0.4, -0.2) is 44.2 Å². The van der Waals surface area contributed by atoms with E-state index in [2.05, 4.69) is 29.4 Å². The molecule has 6 heteroatoms. The molecule has 0 aromatic heterocycles. The van der Waals surface area contributed by atoms with Gasteiger partial charge in [-0.05, 0) is 80.3 Å². The molecule has 0 radical (unpaired) electrons. The summed E-state index contributed by atoms with van der Waals surface area (Å²) in [7, 11) is 0. The van der Waals surface area contributed by atoms with Crippen LogP contribution < -0.4 is 15.5 Å². The topological polar surface area (TPSA) is 70.7 Å². The quantitative estimate of drug-likeness (QED) is 0.505. The van der Waals surface area contributed by atoms with Crippen LogP contribution in [0.25, 0.3) is 0 Å².